The molecule has 216 valence electrons. The molecule has 1 aromatic heterocycles. The molecule has 10 heteroatoms. The van der Waals surface area contributed by atoms with Crippen LogP contribution in [0.1, 0.15) is 65.9 Å². The van der Waals surface area contributed by atoms with Crippen LogP contribution in [0, 0.1) is 12.8 Å². The van der Waals surface area contributed by atoms with E-state index in [9.17, 15) is 14.4 Å². The van der Waals surface area contributed by atoms with E-state index in [1.165, 1.54) is 0 Å². The maximum Gasteiger partial charge on any atom is 0.253 e. The predicted octanol–water partition coefficient (Wildman–Crippen LogP) is 3.00. The Morgan fingerprint density at radius 3 is 2.63 bits per heavy atom. The molecule has 0 saturated heterocycles. The van der Waals surface area contributed by atoms with Crippen molar-refractivity contribution in [1.82, 2.24) is 30.3 Å². The summed E-state index contributed by atoms with van der Waals surface area (Å²) in [6, 6.07) is 14.0. The second-order valence-electron chi connectivity index (χ2n) is 11.1. The van der Waals surface area contributed by atoms with Crippen LogP contribution < -0.4 is 15.4 Å². The lowest BCUT2D eigenvalue weighted by Gasteiger charge is -2.28. The molecular weight excluding hydrogens is 520 g/mol. The van der Waals surface area contributed by atoms with Crippen molar-refractivity contribution in [2.45, 2.75) is 65.1 Å². The third-order valence-electron chi connectivity index (χ3n) is 7.62. The molecule has 2 aromatic carbocycles. The number of hydrogen-bond donors (Lipinski definition) is 2. The fraction of sp³-hybridized carbons (Fsp3) is 0.452. The molecule has 2 N–H and O–H groups in total. The Hall–Kier alpha value is -4.21. The van der Waals surface area contributed by atoms with E-state index in [2.05, 4.69) is 20.7 Å². The van der Waals surface area contributed by atoms with Gasteiger partial charge in [-0.3, -0.25) is 14.4 Å². The van der Waals surface area contributed by atoms with E-state index in [-0.39, 0.29) is 30.1 Å². The molecule has 0 fully saturated rings. The first-order chi connectivity index (χ1) is 19.8. The minimum atomic E-state index is -0.752. The number of aromatic nitrogens is 3. The zero-order chi connectivity index (χ0) is 28.9. The number of amides is 3. The van der Waals surface area contributed by atoms with Crippen molar-refractivity contribution >= 4 is 17.7 Å². The molecule has 10 nitrogen and oxygen atoms in total. The average Bonchev–Trinajstić information content (AvgIpc) is 3.58. The maximum atomic E-state index is 13.7. The second kappa shape index (κ2) is 12.5. The van der Waals surface area contributed by atoms with E-state index in [0.717, 1.165) is 23.3 Å². The third-order valence-corrected chi connectivity index (χ3v) is 7.62. The Morgan fingerprint density at radius 1 is 1.05 bits per heavy atom. The summed E-state index contributed by atoms with van der Waals surface area (Å²) in [4.78, 5) is 46.8. The van der Waals surface area contributed by atoms with Gasteiger partial charge in [-0.1, -0.05) is 44.2 Å². The molecule has 5 rings (SSSR count). The normalized spacial score (nSPS) is 20.0. The average molecular weight is 559 g/mol. The highest BCUT2D eigenvalue weighted by Crippen LogP contribution is 2.27. The van der Waals surface area contributed by atoms with Crippen molar-refractivity contribution in [2.75, 3.05) is 19.7 Å². The largest absolute Gasteiger partial charge is 0.493 e. The van der Waals surface area contributed by atoms with Gasteiger partial charge in [0.15, 0.2) is 0 Å². The Morgan fingerprint density at radius 2 is 1.85 bits per heavy atom. The number of rotatable bonds is 4. The number of ether oxygens (including phenoxy) is 1. The van der Waals surface area contributed by atoms with Gasteiger partial charge < -0.3 is 20.3 Å². The van der Waals surface area contributed by atoms with Gasteiger partial charge in [0.25, 0.3) is 5.91 Å². The van der Waals surface area contributed by atoms with Gasteiger partial charge in [0.05, 0.1) is 19.2 Å². The van der Waals surface area contributed by atoms with Crippen molar-refractivity contribution in [1.29, 1.82) is 0 Å². The van der Waals surface area contributed by atoms with Gasteiger partial charge >= 0.3 is 0 Å². The molecule has 2 aliphatic rings. The van der Waals surface area contributed by atoms with Gasteiger partial charge in [-0.25, -0.2) is 9.67 Å². The lowest BCUT2D eigenvalue weighted by atomic mass is 10.0. The molecular formula is C31H38N6O4. The number of nitrogens with one attached hydrogen (secondary N) is 2. The highest BCUT2D eigenvalue weighted by atomic mass is 16.5. The highest BCUT2D eigenvalue weighted by Gasteiger charge is 2.30. The minimum Gasteiger partial charge on any atom is -0.493 e. The summed E-state index contributed by atoms with van der Waals surface area (Å²) >= 11 is 0. The lowest BCUT2D eigenvalue weighted by Crippen LogP contribution is -2.50. The summed E-state index contributed by atoms with van der Waals surface area (Å²) in [6.45, 7) is 7.67. The van der Waals surface area contributed by atoms with Gasteiger partial charge in [-0.2, -0.15) is 5.10 Å². The first-order valence-electron chi connectivity index (χ1n) is 14.4. The molecule has 41 heavy (non-hydrogen) atoms. The third kappa shape index (κ3) is 6.75. The number of carbonyl (C=O) groups is 3. The summed E-state index contributed by atoms with van der Waals surface area (Å²) in [7, 11) is 0. The first kappa shape index (κ1) is 28.3. The molecule has 0 radical (unpaired) electrons. The summed E-state index contributed by atoms with van der Waals surface area (Å²) in [5.41, 5.74) is 2.59. The van der Waals surface area contributed by atoms with E-state index in [1.807, 2.05) is 63.2 Å². The SMILES string of the molecule is Cc1nc2n(n1)CCN(C(=O)c1ccc3c(c1)CCO3)CCCC(=O)N[C@@H](Cc1ccccc1)C(=O)N[C@@H]2C(C)C. The fourth-order valence-electron chi connectivity index (χ4n) is 5.44. The molecule has 0 bridgehead atoms. The standard InChI is InChI=1S/C31H38N6O4/c1-20(2)28-29-32-21(3)35-37(29)16-15-36(31(40)24-11-12-26-23(19-24)13-17-41-26)14-7-10-27(38)33-25(30(39)34-28)18-22-8-5-4-6-9-22/h4-6,8-9,11-12,19-20,25,28H,7,10,13-18H2,1-3H3,(H,33,38)(H,34,39)/t25-,28+/m0/s1. The van der Waals surface area contributed by atoms with Gasteiger partial charge in [0, 0.05) is 37.9 Å². The topological polar surface area (TPSA) is 118 Å². The maximum absolute atomic E-state index is 13.7. The van der Waals surface area contributed by atoms with Crippen molar-refractivity contribution in [3.63, 3.8) is 0 Å². The van der Waals surface area contributed by atoms with Crippen molar-refractivity contribution in [3.05, 3.63) is 76.9 Å². The molecule has 0 aliphatic carbocycles. The van der Waals surface area contributed by atoms with E-state index in [1.54, 1.807) is 15.6 Å². The van der Waals surface area contributed by atoms with Crippen LogP contribution >= 0.6 is 0 Å². The Kier molecular flexibility index (Phi) is 8.66. The minimum absolute atomic E-state index is 0.00801. The van der Waals surface area contributed by atoms with E-state index in [4.69, 9.17) is 4.74 Å². The van der Waals surface area contributed by atoms with Crippen LogP contribution in [-0.4, -0.2) is 63.1 Å². The summed E-state index contributed by atoms with van der Waals surface area (Å²) in [6.07, 6.45) is 1.80. The Bertz CT molecular complexity index is 1400. The fourth-order valence-corrected chi connectivity index (χ4v) is 5.44. The smallest absolute Gasteiger partial charge is 0.253 e. The van der Waals surface area contributed by atoms with Crippen molar-refractivity contribution in [3.8, 4) is 5.75 Å². The molecule has 2 atom stereocenters. The number of nitrogens with zero attached hydrogens (tertiary/aromatic N) is 4. The zero-order valence-electron chi connectivity index (χ0n) is 23.9. The number of hydrogen-bond acceptors (Lipinski definition) is 6. The lowest BCUT2D eigenvalue weighted by molar-refractivity contribution is -0.129. The number of fused-ring (bicyclic) bond motifs is 2. The van der Waals surface area contributed by atoms with E-state index >= 15 is 0 Å². The van der Waals surface area contributed by atoms with Crippen LogP contribution in [0.25, 0.3) is 0 Å². The van der Waals surface area contributed by atoms with Gasteiger partial charge in [-0.15, -0.1) is 0 Å². The van der Waals surface area contributed by atoms with Crippen molar-refractivity contribution in [2.24, 2.45) is 5.92 Å². The van der Waals surface area contributed by atoms with Gasteiger partial charge in [-0.05, 0) is 48.6 Å². The first-order valence-corrected chi connectivity index (χ1v) is 14.4. The molecule has 3 amide bonds. The molecule has 0 spiro atoms. The van der Waals surface area contributed by atoms with Crippen LogP contribution in [0.5, 0.6) is 5.75 Å². The van der Waals surface area contributed by atoms with Crippen LogP contribution in [0.4, 0.5) is 0 Å². The predicted molar refractivity (Wildman–Crippen MR) is 153 cm³/mol. The number of aryl methyl sites for hydroxylation is 1. The van der Waals surface area contributed by atoms with Gasteiger partial charge in [0.1, 0.15) is 23.4 Å². The second-order valence-corrected chi connectivity index (χ2v) is 11.1. The summed E-state index contributed by atoms with van der Waals surface area (Å²) in [5, 5.41) is 10.7. The summed E-state index contributed by atoms with van der Waals surface area (Å²) in [5.74, 6) is 1.48. The summed E-state index contributed by atoms with van der Waals surface area (Å²) < 4.78 is 7.41. The Labute approximate surface area is 240 Å². The van der Waals surface area contributed by atoms with Crippen molar-refractivity contribution < 1.29 is 19.1 Å². The molecule has 0 unspecified atom stereocenters. The van der Waals surface area contributed by atoms with Crippen LogP contribution in [0.3, 0.4) is 0 Å². The number of benzene rings is 2. The monoisotopic (exact) mass is 558 g/mol. The molecule has 0 saturated carbocycles. The van der Waals surface area contributed by atoms with Crippen LogP contribution in [0.15, 0.2) is 48.5 Å². The van der Waals surface area contributed by atoms with Crippen LogP contribution in [-0.2, 0) is 29.0 Å². The highest BCUT2D eigenvalue weighted by molar-refractivity contribution is 5.94. The van der Waals surface area contributed by atoms with Crippen LogP contribution in [0.2, 0.25) is 0 Å². The van der Waals surface area contributed by atoms with Gasteiger partial charge in [0.2, 0.25) is 11.8 Å². The Balaban J connectivity index is 1.44. The number of carbonyl (C=O) groups excluding carboxylic acids is 3. The van der Waals surface area contributed by atoms with E-state index in [0.29, 0.717) is 56.3 Å². The van der Waals surface area contributed by atoms with E-state index < -0.39 is 12.1 Å². The zero-order valence-corrected chi connectivity index (χ0v) is 23.9. The molecule has 3 aromatic rings. The molecule has 2 aliphatic heterocycles. The quantitative estimate of drug-likeness (QED) is 0.508. The molecule has 3 heterocycles.